The smallest absolute Gasteiger partial charge is 0.233 e. The third-order valence-electron chi connectivity index (χ3n) is 2.04. The first-order chi connectivity index (χ1) is 7.63. The first-order valence-electron chi connectivity index (χ1n) is 5.16. The standard InChI is InChI=1S/C11H15NO4/c1-2-6-16-10-5-3-4-9(7-10)11(13)8-12(14)15/h3-5,7,11,13H,2,6,8H2,1H3/t11-/m0/s1. The molecular formula is C11H15NO4. The van der Waals surface area contributed by atoms with Crippen LogP contribution in [0.15, 0.2) is 24.3 Å². The lowest BCUT2D eigenvalue weighted by Gasteiger charge is -2.09. The second-order valence-corrected chi connectivity index (χ2v) is 3.45. The third-order valence-corrected chi connectivity index (χ3v) is 2.04. The highest BCUT2D eigenvalue weighted by atomic mass is 16.6. The van der Waals surface area contributed by atoms with E-state index in [0.717, 1.165) is 6.42 Å². The molecule has 1 aromatic carbocycles. The lowest BCUT2D eigenvalue weighted by Crippen LogP contribution is -2.11. The number of benzene rings is 1. The van der Waals surface area contributed by atoms with Crippen molar-refractivity contribution in [1.82, 2.24) is 0 Å². The van der Waals surface area contributed by atoms with Crippen molar-refractivity contribution in [2.45, 2.75) is 19.4 Å². The first-order valence-corrected chi connectivity index (χ1v) is 5.16. The van der Waals surface area contributed by atoms with Crippen LogP contribution in [0.25, 0.3) is 0 Å². The van der Waals surface area contributed by atoms with Crippen molar-refractivity contribution in [1.29, 1.82) is 0 Å². The minimum Gasteiger partial charge on any atom is -0.494 e. The van der Waals surface area contributed by atoms with E-state index < -0.39 is 17.6 Å². The van der Waals surface area contributed by atoms with Crippen LogP contribution < -0.4 is 4.74 Å². The Morgan fingerprint density at radius 2 is 2.31 bits per heavy atom. The lowest BCUT2D eigenvalue weighted by atomic mass is 10.1. The van der Waals surface area contributed by atoms with E-state index in [0.29, 0.717) is 17.9 Å². The average Bonchev–Trinajstić information content (AvgIpc) is 2.26. The molecule has 5 nitrogen and oxygen atoms in total. The molecule has 1 aromatic rings. The summed E-state index contributed by atoms with van der Waals surface area (Å²) in [6, 6.07) is 6.75. The number of rotatable bonds is 6. The molecule has 0 radical (unpaired) electrons. The van der Waals surface area contributed by atoms with Crippen LogP contribution >= 0.6 is 0 Å². The van der Waals surface area contributed by atoms with Crippen LogP contribution in [-0.2, 0) is 0 Å². The number of hydrogen-bond donors (Lipinski definition) is 1. The number of ether oxygens (including phenoxy) is 1. The molecule has 0 saturated carbocycles. The zero-order chi connectivity index (χ0) is 12.0. The minimum absolute atomic E-state index is 0.489. The minimum atomic E-state index is -1.08. The van der Waals surface area contributed by atoms with Gasteiger partial charge in [-0.15, -0.1) is 0 Å². The third kappa shape index (κ3) is 3.86. The highest BCUT2D eigenvalue weighted by Gasteiger charge is 2.14. The molecular weight excluding hydrogens is 210 g/mol. The molecule has 0 heterocycles. The van der Waals surface area contributed by atoms with Crippen LogP contribution in [0.1, 0.15) is 25.0 Å². The second-order valence-electron chi connectivity index (χ2n) is 3.45. The Morgan fingerprint density at radius 3 is 2.94 bits per heavy atom. The number of nitrogens with zero attached hydrogens (tertiary/aromatic N) is 1. The number of aliphatic hydroxyl groups excluding tert-OH is 1. The van der Waals surface area contributed by atoms with Crippen molar-refractivity contribution in [3.05, 3.63) is 39.9 Å². The van der Waals surface area contributed by atoms with Gasteiger partial charge in [0.05, 0.1) is 6.61 Å². The van der Waals surface area contributed by atoms with E-state index in [2.05, 4.69) is 0 Å². The normalized spacial score (nSPS) is 12.1. The van der Waals surface area contributed by atoms with E-state index in [1.807, 2.05) is 6.92 Å². The van der Waals surface area contributed by atoms with Crippen LogP contribution in [0.4, 0.5) is 0 Å². The predicted molar refractivity (Wildman–Crippen MR) is 59.0 cm³/mol. The maximum absolute atomic E-state index is 10.3. The summed E-state index contributed by atoms with van der Waals surface area (Å²) in [5.74, 6) is 0.627. The molecule has 0 aromatic heterocycles. The van der Waals surface area contributed by atoms with Gasteiger partial charge in [-0.25, -0.2) is 0 Å². The van der Waals surface area contributed by atoms with Gasteiger partial charge in [0.1, 0.15) is 11.9 Å². The zero-order valence-electron chi connectivity index (χ0n) is 9.13. The van der Waals surface area contributed by atoms with Crippen LogP contribution in [0.2, 0.25) is 0 Å². The summed E-state index contributed by atoms with van der Waals surface area (Å²) >= 11 is 0. The number of hydrogen-bond acceptors (Lipinski definition) is 4. The van der Waals surface area contributed by atoms with Gasteiger partial charge >= 0.3 is 0 Å². The monoisotopic (exact) mass is 225 g/mol. The summed E-state index contributed by atoms with van der Waals surface area (Å²) in [5.41, 5.74) is 0.505. The SMILES string of the molecule is CCCOc1cccc([C@@H](O)C[N+](=O)[O-])c1. The van der Waals surface area contributed by atoms with Crippen LogP contribution in [0.3, 0.4) is 0 Å². The van der Waals surface area contributed by atoms with Crippen molar-refractivity contribution in [3.63, 3.8) is 0 Å². The average molecular weight is 225 g/mol. The molecule has 16 heavy (non-hydrogen) atoms. The molecule has 0 unspecified atom stereocenters. The van der Waals surface area contributed by atoms with E-state index in [1.54, 1.807) is 24.3 Å². The molecule has 0 aliphatic heterocycles. The van der Waals surface area contributed by atoms with Gasteiger partial charge in [0.2, 0.25) is 6.54 Å². The van der Waals surface area contributed by atoms with Crippen LogP contribution in [-0.4, -0.2) is 23.2 Å². The van der Waals surface area contributed by atoms with Crippen molar-refractivity contribution >= 4 is 0 Å². The second kappa shape index (κ2) is 6.07. The van der Waals surface area contributed by atoms with Crippen LogP contribution in [0.5, 0.6) is 5.75 Å². The van der Waals surface area contributed by atoms with E-state index in [-0.39, 0.29) is 0 Å². The van der Waals surface area contributed by atoms with E-state index in [1.165, 1.54) is 0 Å². The van der Waals surface area contributed by atoms with Gasteiger partial charge in [-0.05, 0) is 24.1 Å². The maximum atomic E-state index is 10.3. The Morgan fingerprint density at radius 1 is 1.56 bits per heavy atom. The van der Waals surface area contributed by atoms with Gasteiger partial charge in [-0.1, -0.05) is 19.1 Å². The molecule has 88 valence electrons. The fourth-order valence-electron chi connectivity index (χ4n) is 1.28. The molecule has 0 fully saturated rings. The molecule has 0 aliphatic carbocycles. The fraction of sp³-hybridized carbons (Fsp3) is 0.455. The maximum Gasteiger partial charge on any atom is 0.233 e. The number of aliphatic hydroxyl groups is 1. The fourth-order valence-corrected chi connectivity index (χ4v) is 1.28. The molecule has 0 aliphatic rings. The topological polar surface area (TPSA) is 72.6 Å². The lowest BCUT2D eigenvalue weighted by molar-refractivity contribution is -0.491. The van der Waals surface area contributed by atoms with Crippen molar-refractivity contribution in [3.8, 4) is 5.75 Å². The molecule has 5 heteroatoms. The molecule has 1 atom stereocenters. The summed E-state index contributed by atoms with van der Waals surface area (Å²) in [7, 11) is 0. The summed E-state index contributed by atoms with van der Waals surface area (Å²) in [6.07, 6.45) is -0.193. The summed E-state index contributed by atoms with van der Waals surface area (Å²) in [5, 5.41) is 19.8. The van der Waals surface area contributed by atoms with E-state index in [4.69, 9.17) is 4.74 Å². The van der Waals surface area contributed by atoms with Crippen LogP contribution in [0, 0.1) is 10.1 Å². The Labute approximate surface area is 93.8 Å². The Bertz CT molecular complexity index is 354. The molecule has 1 rings (SSSR count). The predicted octanol–water partition coefficient (Wildman–Crippen LogP) is 1.79. The summed E-state index contributed by atoms with van der Waals surface area (Å²) < 4.78 is 5.37. The molecule has 0 amide bonds. The molecule has 1 N–H and O–H groups in total. The van der Waals surface area contributed by atoms with Gasteiger partial charge in [0.15, 0.2) is 0 Å². The first kappa shape index (κ1) is 12.4. The Balaban J connectivity index is 2.69. The van der Waals surface area contributed by atoms with Gasteiger partial charge in [0.25, 0.3) is 0 Å². The van der Waals surface area contributed by atoms with Gasteiger partial charge in [-0.3, -0.25) is 10.1 Å². The highest BCUT2D eigenvalue weighted by Crippen LogP contribution is 2.19. The van der Waals surface area contributed by atoms with E-state index in [9.17, 15) is 15.2 Å². The summed E-state index contributed by atoms with van der Waals surface area (Å²) in [6.45, 7) is 2.09. The molecule has 0 saturated heterocycles. The zero-order valence-corrected chi connectivity index (χ0v) is 9.13. The van der Waals surface area contributed by atoms with E-state index >= 15 is 0 Å². The summed E-state index contributed by atoms with van der Waals surface area (Å²) in [4.78, 5) is 9.72. The van der Waals surface area contributed by atoms with Gasteiger partial charge in [0, 0.05) is 4.92 Å². The van der Waals surface area contributed by atoms with Crippen molar-refractivity contribution in [2.24, 2.45) is 0 Å². The quantitative estimate of drug-likeness (QED) is 0.591. The molecule has 0 bridgehead atoms. The van der Waals surface area contributed by atoms with Gasteiger partial charge < -0.3 is 9.84 Å². The highest BCUT2D eigenvalue weighted by molar-refractivity contribution is 5.29. The number of nitro groups is 1. The van der Waals surface area contributed by atoms with Crippen molar-refractivity contribution < 1.29 is 14.8 Å². The largest absolute Gasteiger partial charge is 0.494 e. The molecule has 0 spiro atoms. The van der Waals surface area contributed by atoms with Crippen molar-refractivity contribution in [2.75, 3.05) is 13.2 Å². The Kier molecular flexibility index (Phi) is 4.72. The Hall–Kier alpha value is -1.62. The van der Waals surface area contributed by atoms with Gasteiger partial charge in [-0.2, -0.15) is 0 Å².